The van der Waals surface area contributed by atoms with E-state index >= 15 is 0 Å². The molecule has 0 fully saturated rings. The highest BCUT2D eigenvalue weighted by Crippen LogP contribution is 1.79. The lowest BCUT2D eigenvalue weighted by atomic mass is 15.8. The summed E-state index contributed by atoms with van der Waals surface area (Å²) < 4.78 is 60.1. The second-order valence-corrected chi connectivity index (χ2v) is 2.61. The van der Waals surface area contributed by atoms with Crippen molar-refractivity contribution in [3.63, 3.8) is 0 Å². The van der Waals surface area contributed by atoms with Crippen molar-refractivity contribution in [3.8, 4) is 0 Å². The van der Waals surface area contributed by atoms with Gasteiger partial charge in [0, 0.05) is 0 Å². The molecule has 0 aliphatic rings. The smallest absolute Gasteiger partial charge is 0.284 e. The molecular weight excluding hydrogens is 224 g/mol. The third-order valence-corrected chi connectivity index (χ3v) is 1.05. The van der Waals surface area contributed by atoms with Gasteiger partial charge in [0.2, 0.25) is 0 Å². The lowest BCUT2D eigenvalue weighted by molar-refractivity contribution is 0.427. The van der Waals surface area contributed by atoms with Gasteiger partial charge >= 0.3 is 22.7 Å². The number of hydrogen-bond donors (Lipinski definition) is 4. The molecule has 0 radical (unpaired) electrons. The van der Waals surface area contributed by atoms with Gasteiger partial charge in [0.25, 0.3) is 11.4 Å². The average molecular weight is 228 g/mol. The average Bonchev–Trinajstić information content (AvgIpc) is 1.56. The van der Waals surface area contributed by atoms with E-state index in [0.29, 0.717) is 0 Å². The van der Waals surface area contributed by atoms with Gasteiger partial charge < -0.3 is 0 Å². The molecule has 11 heavy (non-hydrogen) atoms. The molecule has 0 aromatic carbocycles. The van der Waals surface area contributed by atoms with Crippen molar-refractivity contribution in [2.24, 2.45) is 0 Å². The number of hydrogen-bond acceptors (Lipinski definition) is 4. The van der Waals surface area contributed by atoms with Gasteiger partial charge in [-0.15, -0.1) is 3.63 Å². The zero-order valence-corrected chi connectivity index (χ0v) is 7.10. The van der Waals surface area contributed by atoms with E-state index in [9.17, 15) is 8.42 Å². The van der Waals surface area contributed by atoms with Gasteiger partial charge in [-0.1, -0.05) is 0 Å². The maximum atomic E-state index is 9.35. The summed E-state index contributed by atoms with van der Waals surface area (Å²) >= 11 is -7.90. The summed E-state index contributed by atoms with van der Waals surface area (Å²) in [7, 11) is 0. The highest BCUT2D eigenvalue weighted by molar-refractivity contribution is 7.87. The summed E-state index contributed by atoms with van der Waals surface area (Å²) in [6.45, 7) is 0. The van der Waals surface area contributed by atoms with E-state index in [1.807, 2.05) is 0 Å². The quantitative estimate of drug-likeness (QED) is 0.439. The zero-order chi connectivity index (χ0) is 9.44. The van der Waals surface area contributed by atoms with Gasteiger partial charge in [-0.25, -0.2) is 0 Å². The van der Waals surface area contributed by atoms with Crippen molar-refractivity contribution < 1.29 is 34.5 Å². The first-order chi connectivity index (χ1) is 4.86. The molecule has 0 rings (SSSR count). The van der Waals surface area contributed by atoms with Gasteiger partial charge in [-0.3, -0.25) is 18.2 Å². The topological polar surface area (TPSA) is 141 Å². The van der Waals surface area contributed by atoms with E-state index in [1.54, 1.807) is 0 Å². The van der Waals surface area contributed by atoms with Crippen LogP contribution in [-0.2, 0) is 37.7 Å². The van der Waals surface area contributed by atoms with E-state index in [1.165, 1.54) is 0 Å². The molecule has 0 aliphatic carbocycles. The monoisotopic (exact) mass is 228 g/mol. The van der Waals surface area contributed by atoms with E-state index in [0.717, 1.165) is 0 Å². The van der Waals surface area contributed by atoms with Crippen molar-refractivity contribution in [2.75, 3.05) is 0 Å². The third-order valence-electron chi connectivity index (χ3n) is 0.116. The van der Waals surface area contributed by atoms with Crippen LogP contribution in [0.15, 0.2) is 0 Å². The van der Waals surface area contributed by atoms with Crippen LogP contribution in [0.3, 0.4) is 0 Å². The predicted octanol–water partition coefficient (Wildman–Crippen LogP) is -1.04. The fraction of sp³-hybridized carbons (Fsp3) is 0. The molecule has 11 heteroatoms. The van der Waals surface area contributed by atoms with Crippen LogP contribution in [-0.4, -0.2) is 30.8 Å². The van der Waals surface area contributed by atoms with Gasteiger partial charge in [-0.05, 0) is 0 Å². The first-order valence-corrected chi connectivity index (χ1v) is 4.69. The second-order valence-electron chi connectivity index (χ2n) is 0.733. The van der Waals surface area contributed by atoms with Crippen molar-refractivity contribution in [1.82, 2.24) is 0 Å². The Morgan fingerprint density at radius 1 is 0.818 bits per heavy atom. The molecule has 0 saturated heterocycles. The summed E-state index contributed by atoms with van der Waals surface area (Å²) in [6, 6.07) is 0. The summed E-state index contributed by atoms with van der Waals surface area (Å²) in [5, 5.41) is 0. The minimum Gasteiger partial charge on any atom is -0.284 e. The Hall–Kier alpha value is 0.250. The first kappa shape index (κ1) is 13.8. The van der Waals surface area contributed by atoms with Gasteiger partial charge in [0.15, 0.2) is 0 Å². The summed E-state index contributed by atoms with van der Waals surface area (Å²) in [4.78, 5) is 0. The van der Waals surface area contributed by atoms with Crippen molar-refractivity contribution >= 4 is 34.1 Å². The molecule has 0 saturated carbocycles. The standard InChI is InChI=1S/H2O5S2.H2O3S/c1-6(2)5-7(3)4;1-4(2)3/h(H,1,2)(H,3,4);(H2,1,2,3). The second kappa shape index (κ2) is 8.35. The van der Waals surface area contributed by atoms with Gasteiger partial charge in [-0.2, -0.15) is 12.6 Å². The minimum absolute atomic E-state index is 2.61. The molecule has 4 N–H and O–H groups in total. The molecule has 0 unspecified atom stereocenters. The van der Waals surface area contributed by atoms with Crippen molar-refractivity contribution in [3.05, 3.63) is 0 Å². The normalized spacial score (nSPS) is 15.0. The Morgan fingerprint density at radius 2 is 1.00 bits per heavy atom. The maximum absolute atomic E-state index is 9.35. The molecule has 0 aromatic heterocycles. The molecule has 0 spiro atoms. The molecule has 0 atom stereocenters. The maximum Gasteiger partial charge on any atom is 0.317 e. The summed E-state index contributed by atoms with van der Waals surface area (Å²) in [5.74, 6) is 0. The van der Waals surface area contributed by atoms with Gasteiger partial charge in [0.05, 0.1) is 0 Å². The van der Waals surface area contributed by atoms with E-state index in [-0.39, 0.29) is 0 Å². The van der Waals surface area contributed by atoms with Crippen LogP contribution >= 0.6 is 0 Å². The van der Waals surface area contributed by atoms with Gasteiger partial charge in [0.1, 0.15) is 0 Å². The Balaban J connectivity index is 0. The molecule has 0 bridgehead atoms. The minimum atomic E-state index is -2.65. The Morgan fingerprint density at radius 3 is 1.00 bits per heavy atom. The lowest BCUT2D eigenvalue weighted by Crippen LogP contribution is -1.96. The van der Waals surface area contributed by atoms with Crippen LogP contribution < -0.4 is 0 Å². The Bertz CT molecular complexity index is 143. The number of rotatable bonds is 2. The molecule has 8 nitrogen and oxygen atoms in total. The van der Waals surface area contributed by atoms with Crippen LogP contribution in [0.4, 0.5) is 0 Å². The predicted molar refractivity (Wildman–Crippen MR) is 36.0 cm³/mol. The fourth-order valence-corrected chi connectivity index (χ4v) is 0.448. The fourth-order valence-electron chi connectivity index (χ4n) is 0.0498. The summed E-state index contributed by atoms with van der Waals surface area (Å²) in [5.41, 5.74) is 0. The first-order valence-electron chi connectivity index (χ1n) is 1.56. The van der Waals surface area contributed by atoms with Crippen molar-refractivity contribution in [1.29, 1.82) is 0 Å². The summed E-state index contributed by atoms with van der Waals surface area (Å²) in [6.07, 6.45) is 0. The Labute approximate surface area is 69.0 Å². The highest BCUT2D eigenvalue weighted by Gasteiger charge is 1.95. The largest absolute Gasteiger partial charge is 0.317 e. The Kier molecular flexibility index (Phi) is 10.5. The molecule has 0 heterocycles. The van der Waals surface area contributed by atoms with Crippen LogP contribution in [0.2, 0.25) is 0 Å². The highest BCUT2D eigenvalue weighted by atomic mass is 32.3. The third kappa shape index (κ3) is 38.6. The van der Waals surface area contributed by atoms with Crippen LogP contribution in [0, 0.1) is 0 Å². The van der Waals surface area contributed by atoms with Crippen LogP contribution in [0.5, 0.6) is 0 Å². The van der Waals surface area contributed by atoms with E-state index in [2.05, 4.69) is 3.63 Å². The lowest BCUT2D eigenvalue weighted by Gasteiger charge is -1.82. The van der Waals surface area contributed by atoms with E-state index in [4.69, 9.17) is 22.4 Å². The molecule has 0 amide bonds. The van der Waals surface area contributed by atoms with Crippen molar-refractivity contribution in [2.45, 2.75) is 0 Å². The van der Waals surface area contributed by atoms with Crippen LogP contribution in [0.25, 0.3) is 0 Å². The molecule has 70 valence electrons. The molecule has 0 aromatic rings. The molecular formula is H4O8S3. The molecule has 0 aliphatic heterocycles. The zero-order valence-electron chi connectivity index (χ0n) is 4.65. The van der Waals surface area contributed by atoms with Crippen LogP contribution in [0.1, 0.15) is 0 Å². The SMILES string of the molecule is O=S(O)O.O=S(O)OS(=O)O. The van der Waals surface area contributed by atoms with E-state index < -0.39 is 34.1 Å².